The quantitative estimate of drug-likeness (QED) is 0.782. The molecular weight excluding hydrogens is 280 g/mol. The third-order valence-corrected chi connectivity index (χ3v) is 3.52. The van der Waals surface area contributed by atoms with Crippen molar-refractivity contribution >= 4 is 23.5 Å². The fraction of sp³-hybridized carbons (Fsp3) is 0.462. The van der Waals surface area contributed by atoms with Gasteiger partial charge in [-0.3, -0.25) is 9.78 Å². The van der Waals surface area contributed by atoms with Gasteiger partial charge in [0.2, 0.25) is 0 Å². The van der Waals surface area contributed by atoms with Crippen LogP contribution < -0.4 is 0 Å². The molecule has 1 aliphatic heterocycles. The predicted molar refractivity (Wildman–Crippen MR) is 75.8 cm³/mol. The lowest BCUT2D eigenvalue weighted by atomic mass is 10.2. The SMILES string of the molecule is CN(C)C(=O)N1CCN(C(=O)c2ccncc2Cl)CC1. The van der Waals surface area contributed by atoms with Crippen LogP contribution in [-0.2, 0) is 0 Å². The fourth-order valence-corrected chi connectivity index (χ4v) is 2.30. The summed E-state index contributed by atoms with van der Waals surface area (Å²) in [5, 5.41) is 0.351. The standard InChI is InChI=1S/C13H17ClN4O2/c1-16(2)13(20)18-7-5-17(6-8-18)12(19)10-3-4-15-9-11(10)14/h3-4,9H,5-8H2,1-2H3. The first kappa shape index (κ1) is 14.6. The highest BCUT2D eigenvalue weighted by atomic mass is 35.5. The molecule has 0 spiro atoms. The lowest BCUT2D eigenvalue weighted by Gasteiger charge is -2.36. The number of pyridine rings is 1. The summed E-state index contributed by atoms with van der Waals surface area (Å²) in [5.41, 5.74) is 0.453. The van der Waals surface area contributed by atoms with Crippen molar-refractivity contribution in [3.63, 3.8) is 0 Å². The van der Waals surface area contributed by atoms with Gasteiger partial charge in [0.1, 0.15) is 0 Å². The Morgan fingerprint density at radius 2 is 1.80 bits per heavy atom. The summed E-state index contributed by atoms with van der Waals surface area (Å²) >= 11 is 5.98. The topological polar surface area (TPSA) is 56.8 Å². The Labute approximate surface area is 122 Å². The number of halogens is 1. The van der Waals surface area contributed by atoms with Crippen LogP contribution in [0.4, 0.5) is 4.79 Å². The highest BCUT2D eigenvalue weighted by Gasteiger charge is 2.26. The summed E-state index contributed by atoms with van der Waals surface area (Å²) < 4.78 is 0. The Bertz CT molecular complexity index is 513. The van der Waals surface area contributed by atoms with Crippen LogP contribution in [0.25, 0.3) is 0 Å². The van der Waals surface area contributed by atoms with Gasteiger partial charge < -0.3 is 14.7 Å². The first-order valence-corrected chi connectivity index (χ1v) is 6.73. The van der Waals surface area contributed by atoms with Crippen LogP contribution in [0.5, 0.6) is 0 Å². The maximum atomic E-state index is 12.3. The van der Waals surface area contributed by atoms with Crippen molar-refractivity contribution in [1.29, 1.82) is 0 Å². The molecule has 2 heterocycles. The smallest absolute Gasteiger partial charge is 0.319 e. The second-order valence-electron chi connectivity index (χ2n) is 4.81. The van der Waals surface area contributed by atoms with Crippen molar-refractivity contribution in [2.75, 3.05) is 40.3 Å². The summed E-state index contributed by atoms with van der Waals surface area (Å²) in [5.74, 6) is -0.116. The number of hydrogen-bond acceptors (Lipinski definition) is 3. The van der Waals surface area contributed by atoms with E-state index in [1.165, 1.54) is 11.1 Å². The van der Waals surface area contributed by atoms with Crippen LogP contribution in [0.2, 0.25) is 5.02 Å². The normalized spacial score (nSPS) is 15.2. The van der Waals surface area contributed by atoms with Gasteiger partial charge in [-0.25, -0.2) is 4.79 Å². The molecule has 1 fully saturated rings. The molecule has 0 N–H and O–H groups in total. The Morgan fingerprint density at radius 3 is 2.35 bits per heavy atom. The van der Waals surface area contributed by atoms with Crippen molar-refractivity contribution in [3.05, 3.63) is 29.0 Å². The third kappa shape index (κ3) is 3.01. The molecule has 1 saturated heterocycles. The molecule has 2 rings (SSSR count). The lowest BCUT2D eigenvalue weighted by molar-refractivity contribution is 0.0650. The van der Waals surface area contributed by atoms with Gasteiger partial charge in [0, 0.05) is 52.7 Å². The monoisotopic (exact) mass is 296 g/mol. The van der Waals surface area contributed by atoms with Gasteiger partial charge in [0.25, 0.3) is 5.91 Å². The summed E-state index contributed by atoms with van der Waals surface area (Å²) in [6, 6.07) is 1.58. The molecule has 6 nitrogen and oxygen atoms in total. The minimum atomic E-state index is -0.116. The van der Waals surface area contributed by atoms with E-state index in [0.29, 0.717) is 36.8 Å². The van der Waals surface area contributed by atoms with Gasteiger partial charge in [-0.2, -0.15) is 0 Å². The van der Waals surface area contributed by atoms with E-state index in [2.05, 4.69) is 4.98 Å². The highest BCUT2D eigenvalue weighted by molar-refractivity contribution is 6.33. The molecule has 0 bridgehead atoms. The Hall–Kier alpha value is -1.82. The zero-order valence-electron chi connectivity index (χ0n) is 11.5. The van der Waals surface area contributed by atoms with E-state index in [4.69, 9.17) is 11.6 Å². The van der Waals surface area contributed by atoms with E-state index in [1.807, 2.05) is 0 Å². The van der Waals surface area contributed by atoms with E-state index in [1.54, 1.807) is 36.2 Å². The second kappa shape index (κ2) is 6.09. The zero-order chi connectivity index (χ0) is 14.7. The molecule has 0 aromatic carbocycles. The number of hydrogen-bond donors (Lipinski definition) is 0. The van der Waals surface area contributed by atoms with Gasteiger partial charge in [0.15, 0.2) is 0 Å². The Kier molecular flexibility index (Phi) is 4.44. The van der Waals surface area contributed by atoms with Crippen molar-refractivity contribution in [3.8, 4) is 0 Å². The largest absolute Gasteiger partial charge is 0.335 e. The van der Waals surface area contributed by atoms with E-state index < -0.39 is 0 Å². The average Bonchev–Trinajstić information content (AvgIpc) is 2.46. The molecule has 0 saturated carbocycles. The maximum Gasteiger partial charge on any atom is 0.319 e. The summed E-state index contributed by atoms with van der Waals surface area (Å²) in [6.45, 7) is 2.09. The molecule has 1 aliphatic rings. The number of nitrogens with zero attached hydrogens (tertiary/aromatic N) is 4. The van der Waals surface area contributed by atoms with Gasteiger partial charge in [-0.1, -0.05) is 11.6 Å². The number of amides is 3. The van der Waals surface area contributed by atoms with Gasteiger partial charge in [-0.15, -0.1) is 0 Å². The molecule has 0 aliphatic carbocycles. The summed E-state index contributed by atoms with van der Waals surface area (Å²) in [7, 11) is 3.44. The first-order valence-electron chi connectivity index (χ1n) is 6.35. The van der Waals surface area contributed by atoms with Crippen LogP contribution in [0, 0.1) is 0 Å². The Morgan fingerprint density at radius 1 is 1.20 bits per heavy atom. The average molecular weight is 297 g/mol. The number of rotatable bonds is 1. The molecular formula is C13H17ClN4O2. The van der Waals surface area contributed by atoms with Crippen LogP contribution in [0.1, 0.15) is 10.4 Å². The van der Waals surface area contributed by atoms with Crippen LogP contribution in [0.15, 0.2) is 18.5 Å². The molecule has 0 atom stereocenters. The summed E-state index contributed by atoms with van der Waals surface area (Å²) in [4.78, 5) is 33.0. The maximum absolute atomic E-state index is 12.3. The molecule has 1 aromatic rings. The van der Waals surface area contributed by atoms with E-state index in [0.717, 1.165) is 0 Å². The van der Waals surface area contributed by atoms with Crippen LogP contribution in [-0.4, -0.2) is 71.9 Å². The van der Waals surface area contributed by atoms with Crippen molar-refractivity contribution in [2.24, 2.45) is 0 Å². The molecule has 0 radical (unpaired) electrons. The summed E-state index contributed by atoms with van der Waals surface area (Å²) in [6.07, 6.45) is 3.01. The number of urea groups is 1. The lowest BCUT2D eigenvalue weighted by Crippen LogP contribution is -2.52. The number of piperazine rings is 1. The van der Waals surface area contributed by atoms with Gasteiger partial charge >= 0.3 is 6.03 Å². The number of aromatic nitrogens is 1. The predicted octanol–water partition coefficient (Wildman–Crippen LogP) is 1.17. The van der Waals surface area contributed by atoms with E-state index in [9.17, 15) is 9.59 Å². The minimum Gasteiger partial charge on any atom is -0.335 e. The first-order chi connectivity index (χ1) is 9.50. The van der Waals surface area contributed by atoms with Gasteiger partial charge in [0.05, 0.1) is 10.6 Å². The van der Waals surface area contributed by atoms with Crippen LogP contribution in [0.3, 0.4) is 0 Å². The number of carbonyl (C=O) groups is 2. The van der Waals surface area contributed by atoms with E-state index in [-0.39, 0.29) is 11.9 Å². The van der Waals surface area contributed by atoms with Crippen molar-refractivity contribution in [2.45, 2.75) is 0 Å². The molecule has 108 valence electrons. The second-order valence-corrected chi connectivity index (χ2v) is 5.22. The number of carbonyl (C=O) groups excluding carboxylic acids is 2. The molecule has 1 aromatic heterocycles. The molecule has 0 unspecified atom stereocenters. The van der Waals surface area contributed by atoms with Crippen molar-refractivity contribution < 1.29 is 9.59 Å². The Balaban J connectivity index is 1.99. The van der Waals surface area contributed by atoms with Crippen molar-refractivity contribution in [1.82, 2.24) is 19.7 Å². The third-order valence-electron chi connectivity index (χ3n) is 3.22. The fourth-order valence-electron chi connectivity index (χ4n) is 2.10. The van der Waals surface area contributed by atoms with Crippen LogP contribution >= 0.6 is 11.6 Å². The van der Waals surface area contributed by atoms with Gasteiger partial charge in [-0.05, 0) is 6.07 Å². The molecule has 3 amide bonds. The zero-order valence-corrected chi connectivity index (χ0v) is 12.3. The molecule has 20 heavy (non-hydrogen) atoms. The highest BCUT2D eigenvalue weighted by Crippen LogP contribution is 2.17. The molecule has 7 heteroatoms. The van der Waals surface area contributed by atoms with E-state index >= 15 is 0 Å². The minimum absolute atomic E-state index is 0.0287.